The molecule has 4 heterocycles. The number of nitrogens with zero attached hydrogens (tertiary/aromatic N) is 11. The molecule has 0 atom stereocenters. The van der Waals surface area contributed by atoms with Crippen LogP contribution >= 0.6 is 34.6 Å². The van der Waals surface area contributed by atoms with Crippen LogP contribution < -0.4 is 32.4 Å². The molecule has 18 heteroatoms. The Bertz CT molecular complexity index is 1790. The normalized spacial score (nSPS) is 12.7. The average molecular weight is 525 g/mol. The van der Waals surface area contributed by atoms with Crippen molar-refractivity contribution < 1.29 is 0 Å². The van der Waals surface area contributed by atoms with Crippen molar-refractivity contribution >= 4 is 66.6 Å². The minimum atomic E-state index is -0.605. The quantitative estimate of drug-likeness (QED) is 0.215. The van der Waals surface area contributed by atoms with Crippen molar-refractivity contribution in [2.24, 2.45) is 20.4 Å². The Kier molecular flexibility index (Phi) is 6.12. The number of fused-ring (bicyclic) bond motifs is 1. The standard InChI is InChI=1S/C17H12N14OS3/c1-6-21-16(34-29-6)27-23-9-3-10(24-26-15-8-4-19-5-20-14(8)31-33-15)13(32)12(11(9)18)25-28-17-22-7(2)30-35-17/h3-5,18,26H,1-2H3,(H,22,28,30). The van der Waals surface area contributed by atoms with Crippen molar-refractivity contribution in [3.63, 3.8) is 0 Å². The minimum Gasteiger partial charge on any atom is -0.296 e. The molecule has 0 aliphatic carbocycles. The highest BCUT2D eigenvalue weighted by Crippen LogP contribution is 2.24. The van der Waals surface area contributed by atoms with Gasteiger partial charge in [0.25, 0.3) is 0 Å². The first-order valence-electron chi connectivity index (χ1n) is 9.59. The largest absolute Gasteiger partial charge is 0.296 e. The fourth-order valence-corrected chi connectivity index (χ4v) is 4.32. The van der Waals surface area contributed by atoms with Crippen LogP contribution in [0.2, 0.25) is 0 Å². The third-order valence-corrected chi connectivity index (χ3v) is 6.36. The second-order valence-corrected chi connectivity index (χ2v) is 8.91. The Morgan fingerprint density at radius 1 is 0.971 bits per heavy atom. The van der Waals surface area contributed by atoms with E-state index in [2.05, 4.69) is 64.3 Å². The predicted octanol–water partition coefficient (Wildman–Crippen LogP) is 1.39. The Labute approximate surface area is 206 Å². The topological polar surface area (TPSA) is 205 Å². The highest BCUT2D eigenvalue weighted by atomic mass is 32.1. The first-order valence-corrected chi connectivity index (χ1v) is 11.9. The van der Waals surface area contributed by atoms with Gasteiger partial charge in [0.05, 0.1) is 5.39 Å². The second-order valence-electron chi connectivity index (χ2n) is 6.66. The molecule has 0 unspecified atom stereocenters. The van der Waals surface area contributed by atoms with Gasteiger partial charge in [0.1, 0.15) is 39.4 Å². The van der Waals surface area contributed by atoms with Gasteiger partial charge in [-0.2, -0.15) is 23.3 Å². The van der Waals surface area contributed by atoms with Crippen LogP contribution in [0.3, 0.4) is 0 Å². The number of nitrogens with one attached hydrogen (secondary N) is 3. The molecule has 0 aliphatic rings. The van der Waals surface area contributed by atoms with Crippen LogP contribution in [0.4, 0.5) is 21.0 Å². The van der Waals surface area contributed by atoms with Crippen LogP contribution in [-0.4, -0.2) is 33.1 Å². The number of aromatic nitrogens is 7. The fraction of sp³-hybridized carbons (Fsp3) is 0.118. The predicted molar refractivity (Wildman–Crippen MR) is 128 cm³/mol. The van der Waals surface area contributed by atoms with Crippen LogP contribution in [-0.2, 0) is 0 Å². The van der Waals surface area contributed by atoms with Crippen molar-refractivity contribution in [3.05, 3.63) is 56.5 Å². The van der Waals surface area contributed by atoms with Gasteiger partial charge in [-0.1, -0.05) is 0 Å². The van der Waals surface area contributed by atoms with Crippen molar-refractivity contribution in [1.29, 1.82) is 5.41 Å². The molecule has 0 aliphatic heterocycles. The van der Waals surface area contributed by atoms with Gasteiger partial charge in [0, 0.05) is 29.3 Å². The van der Waals surface area contributed by atoms with Crippen LogP contribution in [0, 0.1) is 19.3 Å². The zero-order valence-corrected chi connectivity index (χ0v) is 20.2. The molecule has 5 aromatic rings. The summed E-state index contributed by atoms with van der Waals surface area (Å²) in [5.41, 5.74) is 5.43. The SMILES string of the molecule is Cc1nsc(N=Nc2cc(=NNc3snc4ncncc34)c(=O)c(=NNc3nc(C)ns3)c2=N)n1. The molecule has 0 spiro atoms. The van der Waals surface area contributed by atoms with Gasteiger partial charge in [0.15, 0.2) is 11.0 Å². The summed E-state index contributed by atoms with van der Waals surface area (Å²) in [5, 5.41) is 26.2. The zero-order valence-electron chi connectivity index (χ0n) is 17.8. The first-order chi connectivity index (χ1) is 17.0. The van der Waals surface area contributed by atoms with Crippen LogP contribution in [0.5, 0.6) is 0 Å². The summed E-state index contributed by atoms with van der Waals surface area (Å²) < 4.78 is 12.3. The summed E-state index contributed by atoms with van der Waals surface area (Å²) in [4.78, 5) is 29.4. The monoisotopic (exact) mass is 524 g/mol. The number of benzene rings is 1. The molecule has 0 radical (unpaired) electrons. The van der Waals surface area contributed by atoms with E-state index in [1.54, 1.807) is 20.0 Å². The third-order valence-electron chi connectivity index (χ3n) is 4.20. The maximum Gasteiger partial charge on any atom is 0.249 e. The van der Waals surface area contributed by atoms with Crippen molar-refractivity contribution in [1.82, 2.24) is 33.1 Å². The lowest BCUT2D eigenvalue weighted by Gasteiger charge is -1.97. The number of azo groups is 1. The zero-order chi connectivity index (χ0) is 24.4. The first kappa shape index (κ1) is 22.5. The van der Waals surface area contributed by atoms with Gasteiger partial charge in [-0.25, -0.2) is 19.9 Å². The lowest BCUT2D eigenvalue weighted by Crippen LogP contribution is -2.48. The van der Waals surface area contributed by atoms with E-state index in [0.29, 0.717) is 37.9 Å². The molecule has 0 bridgehead atoms. The van der Waals surface area contributed by atoms with Gasteiger partial charge in [-0.05, 0) is 31.4 Å². The van der Waals surface area contributed by atoms with Gasteiger partial charge in [0.2, 0.25) is 15.7 Å². The minimum absolute atomic E-state index is 0.0456. The number of hydrogen-bond donors (Lipinski definition) is 3. The van der Waals surface area contributed by atoms with Gasteiger partial charge in [-0.15, -0.1) is 10.2 Å². The summed E-state index contributed by atoms with van der Waals surface area (Å²) in [7, 11) is 0. The molecule has 1 aromatic carbocycles. The third kappa shape index (κ3) is 4.83. The molecule has 4 aromatic heterocycles. The number of hydrogen-bond acceptors (Lipinski definition) is 18. The lowest BCUT2D eigenvalue weighted by atomic mass is 10.2. The smallest absolute Gasteiger partial charge is 0.249 e. The molecular weight excluding hydrogens is 512 g/mol. The van der Waals surface area contributed by atoms with E-state index in [1.807, 2.05) is 0 Å². The Balaban J connectivity index is 1.60. The number of anilines is 2. The molecule has 0 saturated heterocycles. The lowest BCUT2D eigenvalue weighted by molar-refractivity contribution is 1.04. The second kappa shape index (κ2) is 9.52. The molecule has 15 nitrogen and oxygen atoms in total. The van der Waals surface area contributed by atoms with E-state index in [4.69, 9.17) is 5.41 Å². The summed E-state index contributed by atoms with van der Waals surface area (Å²) in [5.74, 6) is 1.11. The molecule has 5 rings (SSSR count). The van der Waals surface area contributed by atoms with E-state index < -0.39 is 5.43 Å². The molecule has 0 fully saturated rings. The number of aryl methyl sites for hydroxylation is 2. The molecule has 174 valence electrons. The van der Waals surface area contributed by atoms with E-state index in [0.717, 1.165) is 34.6 Å². The Morgan fingerprint density at radius 3 is 2.57 bits per heavy atom. The Morgan fingerprint density at radius 2 is 1.80 bits per heavy atom. The van der Waals surface area contributed by atoms with Crippen LogP contribution in [0.1, 0.15) is 11.6 Å². The average Bonchev–Trinajstić information content (AvgIpc) is 3.58. The molecule has 0 amide bonds. The highest BCUT2D eigenvalue weighted by Gasteiger charge is 2.09. The number of rotatable bonds is 6. The Hall–Kier alpha value is -4.29. The summed E-state index contributed by atoms with van der Waals surface area (Å²) in [6.07, 6.45) is 2.98. The molecule has 0 saturated carbocycles. The van der Waals surface area contributed by atoms with Crippen molar-refractivity contribution in [3.8, 4) is 0 Å². The summed E-state index contributed by atoms with van der Waals surface area (Å²) >= 11 is 3.25. The van der Waals surface area contributed by atoms with Gasteiger partial charge in [-0.3, -0.25) is 21.1 Å². The van der Waals surface area contributed by atoms with Gasteiger partial charge >= 0.3 is 0 Å². The summed E-state index contributed by atoms with van der Waals surface area (Å²) in [6.45, 7) is 3.45. The summed E-state index contributed by atoms with van der Waals surface area (Å²) in [6, 6.07) is 1.34. The molecule has 3 N–H and O–H groups in total. The van der Waals surface area contributed by atoms with E-state index in [9.17, 15) is 4.79 Å². The van der Waals surface area contributed by atoms with E-state index in [1.165, 1.54) is 12.4 Å². The van der Waals surface area contributed by atoms with Crippen molar-refractivity contribution in [2.45, 2.75) is 13.8 Å². The van der Waals surface area contributed by atoms with Crippen LogP contribution in [0.15, 0.2) is 43.8 Å². The fourth-order valence-electron chi connectivity index (χ4n) is 2.65. The van der Waals surface area contributed by atoms with Crippen LogP contribution in [0.25, 0.3) is 11.0 Å². The maximum absolute atomic E-state index is 13.1. The highest BCUT2D eigenvalue weighted by molar-refractivity contribution is 7.11. The molecular formula is C17H12N14OS3. The van der Waals surface area contributed by atoms with Crippen molar-refractivity contribution in [2.75, 3.05) is 10.9 Å². The van der Waals surface area contributed by atoms with E-state index in [-0.39, 0.29) is 21.8 Å². The van der Waals surface area contributed by atoms with Gasteiger partial charge < -0.3 is 0 Å². The maximum atomic E-state index is 13.1. The van der Waals surface area contributed by atoms with E-state index >= 15 is 0 Å². The molecule has 35 heavy (non-hydrogen) atoms.